The minimum Gasteiger partial charge on any atom is -0.492 e. The lowest BCUT2D eigenvalue weighted by Crippen LogP contribution is -2.31. The molecule has 1 aromatic rings. The van der Waals surface area contributed by atoms with Gasteiger partial charge in [-0.25, -0.2) is 4.79 Å². The monoisotopic (exact) mass is 292 g/mol. The summed E-state index contributed by atoms with van der Waals surface area (Å²) in [5.74, 6) is -0.153. The van der Waals surface area contributed by atoms with E-state index in [1.165, 1.54) is 0 Å². The van der Waals surface area contributed by atoms with Crippen LogP contribution in [-0.2, 0) is 4.79 Å². The molecule has 0 aromatic heterocycles. The number of hydrogen-bond donors (Lipinski definition) is 1. The van der Waals surface area contributed by atoms with Gasteiger partial charge in [-0.3, -0.25) is 0 Å². The summed E-state index contributed by atoms with van der Waals surface area (Å²) in [5.41, 5.74) is 0.841. The molecule has 1 rings (SSSR count). The highest BCUT2D eigenvalue weighted by Crippen LogP contribution is 2.13. The largest absolute Gasteiger partial charge is 0.492 e. The first kappa shape index (κ1) is 17.2. The Balaban J connectivity index is 2.31. The number of ether oxygens (including phenoxy) is 1. The molecule has 0 radical (unpaired) electrons. The number of carboxylic acid groups (broad SMARTS) is 1. The molecular formula is C16H24N2O3. The van der Waals surface area contributed by atoms with Crippen molar-refractivity contribution in [2.45, 2.75) is 0 Å². The molecule has 0 aliphatic rings. The quantitative estimate of drug-likeness (QED) is 0.702. The molecule has 0 bridgehead atoms. The lowest BCUT2D eigenvalue weighted by Gasteiger charge is -2.19. The Kier molecular flexibility index (Phi) is 7.50. The smallest absolute Gasteiger partial charge is 0.328 e. The molecule has 1 aromatic carbocycles. The zero-order valence-corrected chi connectivity index (χ0v) is 13.0. The van der Waals surface area contributed by atoms with Crippen LogP contribution in [0.25, 0.3) is 6.08 Å². The first-order chi connectivity index (χ1) is 9.97. The summed E-state index contributed by atoms with van der Waals surface area (Å²) < 4.78 is 5.67. The van der Waals surface area contributed by atoms with Crippen LogP contribution in [0.1, 0.15) is 5.56 Å². The van der Waals surface area contributed by atoms with Crippen LogP contribution in [0.15, 0.2) is 30.3 Å². The van der Waals surface area contributed by atoms with Crippen molar-refractivity contribution < 1.29 is 14.6 Å². The molecule has 0 unspecified atom stereocenters. The molecule has 0 amide bonds. The summed E-state index contributed by atoms with van der Waals surface area (Å²) in [5, 5.41) is 8.56. The molecule has 116 valence electrons. The number of hydrogen-bond acceptors (Lipinski definition) is 4. The standard InChI is InChI=1S/C16H24N2O3/c1-17(2)10-11-18(3)12-13-21-15-7-4-14(5-8-15)6-9-16(19)20/h4-9H,10-13H2,1-3H3,(H,19,20). The third-order valence-corrected chi connectivity index (χ3v) is 2.97. The van der Waals surface area contributed by atoms with E-state index in [1.807, 2.05) is 24.3 Å². The maximum atomic E-state index is 10.4. The maximum Gasteiger partial charge on any atom is 0.328 e. The van der Waals surface area contributed by atoms with Gasteiger partial charge in [0.1, 0.15) is 12.4 Å². The molecule has 5 heteroatoms. The summed E-state index contributed by atoms with van der Waals surface area (Å²) >= 11 is 0. The molecule has 21 heavy (non-hydrogen) atoms. The van der Waals surface area contributed by atoms with Gasteiger partial charge >= 0.3 is 5.97 Å². The van der Waals surface area contributed by atoms with E-state index in [0.717, 1.165) is 37.0 Å². The van der Waals surface area contributed by atoms with Crippen LogP contribution in [0.4, 0.5) is 0 Å². The van der Waals surface area contributed by atoms with Crippen LogP contribution in [0.5, 0.6) is 5.75 Å². The predicted octanol–water partition coefficient (Wildman–Crippen LogP) is 1.66. The van der Waals surface area contributed by atoms with Crippen LogP contribution in [0.2, 0.25) is 0 Å². The third kappa shape index (κ3) is 8.12. The Labute approximate surface area is 126 Å². The Morgan fingerprint density at radius 3 is 2.38 bits per heavy atom. The van der Waals surface area contributed by atoms with Gasteiger partial charge in [-0.05, 0) is 44.9 Å². The van der Waals surface area contributed by atoms with Crippen molar-refractivity contribution in [2.24, 2.45) is 0 Å². The fourth-order valence-corrected chi connectivity index (χ4v) is 1.64. The van der Waals surface area contributed by atoms with Gasteiger partial charge in [0.2, 0.25) is 0 Å². The number of likely N-dealkylation sites (N-methyl/N-ethyl adjacent to an activating group) is 2. The van der Waals surface area contributed by atoms with Crippen molar-refractivity contribution in [3.05, 3.63) is 35.9 Å². The van der Waals surface area contributed by atoms with Crippen LogP contribution < -0.4 is 4.74 Å². The van der Waals surface area contributed by atoms with E-state index < -0.39 is 5.97 Å². The van der Waals surface area contributed by atoms with Gasteiger partial charge in [0.05, 0.1) is 0 Å². The van der Waals surface area contributed by atoms with E-state index in [1.54, 1.807) is 6.08 Å². The second kappa shape index (κ2) is 9.15. The molecule has 0 aliphatic carbocycles. The van der Waals surface area contributed by atoms with Gasteiger partial charge in [0.25, 0.3) is 0 Å². The molecule has 0 saturated carbocycles. The highest BCUT2D eigenvalue weighted by Gasteiger charge is 2.00. The van der Waals surface area contributed by atoms with E-state index in [9.17, 15) is 4.79 Å². The molecular weight excluding hydrogens is 268 g/mol. The Morgan fingerprint density at radius 1 is 1.14 bits per heavy atom. The summed E-state index contributed by atoms with van der Waals surface area (Å²) in [4.78, 5) is 14.8. The lowest BCUT2D eigenvalue weighted by atomic mass is 10.2. The summed E-state index contributed by atoms with van der Waals surface area (Å²) in [6.07, 6.45) is 2.68. The van der Waals surface area contributed by atoms with Gasteiger partial charge in [0.15, 0.2) is 0 Å². The molecule has 5 nitrogen and oxygen atoms in total. The van der Waals surface area contributed by atoms with Gasteiger partial charge in [-0.1, -0.05) is 12.1 Å². The van der Waals surface area contributed by atoms with E-state index in [4.69, 9.17) is 9.84 Å². The zero-order chi connectivity index (χ0) is 15.7. The Morgan fingerprint density at radius 2 is 1.81 bits per heavy atom. The van der Waals surface area contributed by atoms with Crippen LogP contribution in [0, 0.1) is 0 Å². The van der Waals surface area contributed by atoms with Crippen LogP contribution in [0.3, 0.4) is 0 Å². The maximum absolute atomic E-state index is 10.4. The van der Waals surface area contributed by atoms with E-state index >= 15 is 0 Å². The molecule has 0 fully saturated rings. The minimum absolute atomic E-state index is 0.633. The number of carbonyl (C=O) groups is 1. The fourth-order valence-electron chi connectivity index (χ4n) is 1.64. The molecule has 1 N–H and O–H groups in total. The van der Waals surface area contributed by atoms with E-state index in [0.29, 0.717) is 6.61 Å². The first-order valence-corrected chi connectivity index (χ1v) is 6.94. The Bertz CT molecular complexity index is 455. The van der Waals surface area contributed by atoms with Gasteiger partial charge in [0, 0.05) is 25.7 Å². The number of benzene rings is 1. The number of aliphatic carboxylic acids is 1. The normalized spacial score (nSPS) is 11.5. The minimum atomic E-state index is -0.948. The average Bonchev–Trinajstić information content (AvgIpc) is 2.44. The third-order valence-electron chi connectivity index (χ3n) is 2.97. The molecule has 0 saturated heterocycles. The SMILES string of the molecule is CN(C)CCN(C)CCOc1ccc(C=CC(=O)O)cc1. The lowest BCUT2D eigenvalue weighted by molar-refractivity contribution is -0.131. The Hall–Kier alpha value is -1.85. The molecule has 0 atom stereocenters. The summed E-state index contributed by atoms with van der Waals surface area (Å²) in [6.45, 7) is 3.54. The topological polar surface area (TPSA) is 53.0 Å². The highest BCUT2D eigenvalue weighted by molar-refractivity contribution is 5.85. The van der Waals surface area contributed by atoms with Gasteiger partial charge < -0.3 is 19.6 Å². The van der Waals surface area contributed by atoms with Crippen molar-refractivity contribution in [3.63, 3.8) is 0 Å². The summed E-state index contributed by atoms with van der Waals surface area (Å²) in [7, 11) is 6.20. The molecule has 0 spiro atoms. The van der Waals surface area contributed by atoms with Crippen molar-refractivity contribution in [1.29, 1.82) is 0 Å². The van der Waals surface area contributed by atoms with Crippen molar-refractivity contribution in [3.8, 4) is 5.75 Å². The second-order valence-electron chi connectivity index (χ2n) is 5.20. The van der Waals surface area contributed by atoms with E-state index in [2.05, 4.69) is 30.9 Å². The van der Waals surface area contributed by atoms with Gasteiger partial charge in [-0.15, -0.1) is 0 Å². The summed E-state index contributed by atoms with van der Waals surface area (Å²) in [6, 6.07) is 7.37. The second-order valence-corrected chi connectivity index (χ2v) is 5.20. The number of carboxylic acids is 1. The number of rotatable bonds is 9. The fraction of sp³-hybridized carbons (Fsp3) is 0.438. The zero-order valence-electron chi connectivity index (χ0n) is 13.0. The first-order valence-electron chi connectivity index (χ1n) is 6.94. The van der Waals surface area contributed by atoms with E-state index in [-0.39, 0.29) is 0 Å². The van der Waals surface area contributed by atoms with Crippen molar-refractivity contribution >= 4 is 12.0 Å². The molecule has 0 heterocycles. The van der Waals surface area contributed by atoms with Crippen molar-refractivity contribution in [1.82, 2.24) is 9.80 Å². The highest BCUT2D eigenvalue weighted by atomic mass is 16.5. The van der Waals surface area contributed by atoms with Crippen LogP contribution >= 0.6 is 0 Å². The molecule has 0 aliphatic heterocycles. The average molecular weight is 292 g/mol. The van der Waals surface area contributed by atoms with Gasteiger partial charge in [-0.2, -0.15) is 0 Å². The van der Waals surface area contributed by atoms with Crippen molar-refractivity contribution in [2.75, 3.05) is 47.4 Å². The van der Waals surface area contributed by atoms with Crippen LogP contribution in [-0.4, -0.2) is 68.3 Å². The number of nitrogens with zero attached hydrogens (tertiary/aromatic N) is 2. The predicted molar refractivity (Wildman–Crippen MR) is 84.7 cm³/mol.